The minimum atomic E-state index is -0.0510. The number of halogens is 1. The normalized spacial score (nSPS) is 20.1. The zero-order chi connectivity index (χ0) is 15.0. The Morgan fingerprint density at radius 1 is 1.52 bits per heavy atom. The van der Waals surface area contributed by atoms with Gasteiger partial charge >= 0.3 is 0 Å². The molecule has 1 aliphatic carbocycles. The van der Waals surface area contributed by atoms with Gasteiger partial charge in [0.15, 0.2) is 5.11 Å². The fourth-order valence-corrected chi connectivity index (χ4v) is 3.01. The van der Waals surface area contributed by atoms with Crippen molar-refractivity contribution in [2.75, 3.05) is 6.61 Å². The lowest BCUT2D eigenvalue weighted by atomic mass is 10.1. The highest BCUT2D eigenvalue weighted by molar-refractivity contribution is 9.10. The van der Waals surface area contributed by atoms with Gasteiger partial charge in [-0.1, -0.05) is 15.9 Å². The maximum absolute atomic E-state index is 12.4. The molecule has 4 nitrogen and oxygen atoms in total. The highest BCUT2D eigenvalue weighted by atomic mass is 79.9. The van der Waals surface area contributed by atoms with Crippen molar-refractivity contribution in [3.63, 3.8) is 0 Å². The Morgan fingerprint density at radius 3 is 2.95 bits per heavy atom. The van der Waals surface area contributed by atoms with Gasteiger partial charge in [-0.2, -0.15) is 0 Å². The molecule has 0 unspecified atom stereocenters. The lowest BCUT2D eigenvalue weighted by Gasteiger charge is -2.11. The second-order valence-electron chi connectivity index (χ2n) is 5.01. The van der Waals surface area contributed by atoms with Crippen LogP contribution in [0.1, 0.15) is 25.3 Å². The third-order valence-electron chi connectivity index (χ3n) is 3.39. The number of amides is 1. The van der Waals surface area contributed by atoms with Gasteiger partial charge in [-0.15, -0.1) is 0 Å². The Kier molecular flexibility index (Phi) is 3.99. The summed E-state index contributed by atoms with van der Waals surface area (Å²) in [6.07, 6.45) is 3.86. The number of carbonyl (C=O) groups excluding carboxylic acids is 1. The lowest BCUT2D eigenvalue weighted by molar-refractivity contribution is -0.122. The first-order valence-corrected chi connectivity index (χ1v) is 8.09. The van der Waals surface area contributed by atoms with E-state index in [4.69, 9.17) is 17.0 Å². The van der Waals surface area contributed by atoms with Crippen LogP contribution in [0.5, 0.6) is 5.75 Å². The predicted molar refractivity (Wildman–Crippen MR) is 88.9 cm³/mol. The predicted octanol–water partition coefficient (Wildman–Crippen LogP) is 3.07. The number of hydrogen-bond donors (Lipinski definition) is 1. The summed E-state index contributed by atoms with van der Waals surface area (Å²) in [5.74, 6) is 0.698. The molecule has 2 fully saturated rings. The molecule has 1 saturated carbocycles. The Hall–Kier alpha value is -1.40. The molecule has 1 heterocycles. The van der Waals surface area contributed by atoms with Gasteiger partial charge < -0.3 is 10.1 Å². The van der Waals surface area contributed by atoms with Gasteiger partial charge in [0, 0.05) is 16.1 Å². The minimum absolute atomic E-state index is 0.0510. The number of nitrogens with zero attached hydrogens (tertiary/aromatic N) is 1. The maximum Gasteiger partial charge on any atom is 0.276 e. The number of benzene rings is 1. The highest BCUT2D eigenvalue weighted by Crippen LogP contribution is 2.32. The van der Waals surface area contributed by atoms with Crippen molar-refractivity contribution in [2.45, 2.75) is 25.8 Å². The fourth-order valence-electron chi connectivity index (χ4n) is 2.29. The Bertz CT molecular complexity index is 641. The molecule has 0 radical (unpaired) electrons. The van der Waals surface area contributed by atoms with Crippen molar-refractivity contribution >= 4 is 45.2 Å². The second-order valence-corrected chi connectivity index (χ2v) is 6.31. The molecular formula is C15H15BrN2O2S. The summed E-state index contributed by atoms with van der Waals surface area (Å²) in [7, 11) is 0. The number of rotatable bonds is 4. The van der Waals surface area contributed by atoms with E-state index in [9.17, 15) is 4.79 Å². The summed E-state index contributed by atoms with van der Waals surface area (Å²) in [4.78, 5) is 14.1. The summed E-state index contributed by atoms with van der Waals surface area (Å²) < 4.78 is 6.54. The minimum Gasteiger partial charge on any atom is -0.493 e. The van der Waals surface area contributed by atoms with E-state index in [0.29, 0.717) is 17.4 Å². The topological polar surface area (TPSA) is 41.6 Å². The standard InChI is InChI=1S/C15H15BrN2O2S/c1-2-20-13-6-3-10(16)7-9(13)8-12-14(19)18(11-4-5-11)15(21)17-12/h3,6-8,11H,2,4-5H2,1H3,(H,17,21)/b12-8+. The van der Waals surface area contributed by atoms with E-state index in [1.54, 1.807) is 11.0 Å². The average molecular weight is 367 g/mol. The van der Waals surface area contributed by atoms with Crippen molar-refractivity contribution in [1.82, 2.24) is 10.2 Å². The van der Waals surface area contributed by atoms with E-state index in [1.807, 2.05) is 25.1 Å². The molecule has 0 atom stereocenters. The summed E-state index contributed by atoms with van der Waals surface area (Å²) in [5, 5.41) is 3.51. The zero-order valence-corrected chi connectivity index (χ0v) is 14.0. The average Bonchev–Trinajstić information content (AvgIpc) is 3.22. The molecule has 1 aliphatic heterocycles. The SMILES string of the molecule is CCOc1ccc(Br)cc1/C=C1/NC(=S)N(C2CC2)C1=O. The molecule has 6 heteroatoms. The number of thiocarbonyl (C=S) groups is 1. The second kappa shape index (κ2) is 5.77. The monoisotopic (exact) mass is 366 g/mol. The van der Waals surface area contributed by atoms with Gasteiger partial charge in [-0.3, -0.25) is 9.69 Å². The summed E-state index contributed by atoms with van der Waals surface area (Å²) in [6, 6.07) is 6.00. The smallest absolute Gasteiger partial charge is 0.276 e. The first kappa shape index (κ1) is 14.5. The van der Waals surface area contributed by atoms with Gasteiger partial charge in [0.1, 0.15) is 11.4 Å². The summed E-state index contributed by atoms with van der Waals surface area (Å²) >= 11 is 8.69. The lowest BCUT2D eigenvalue weighted by Crippen LogP contribution is -2.32. The van der Waals surface area contributed by atoms with E-state index in [0.717, 1.165) is 28.6 Å². The summed E-state index contributed by atoms with van der Waals surface area (Å²) in [5.41, 5.74) is 1.36. The van der Waals surface area contributed by atoms with Crippen molar-refractivity contribution in [1.29, 1.82) is 0 Å². The Balaban J connectivity index is 1.93. The van der Waals surface area contributed by atoms with Crippen LogP contribution in [-0.4, -0.2) is 28.6 Å². The first-order valence-electron chi connectivity index (χ1n) is 6.88. The third kappa shape index (κ3) is 2.96. The number of ether oxygens (including phenoxy) is 1. The van der Waals surface area contributed by atoms with Crippen LogP contribution in [-0.2, 0) is 4.79 Å². The molecular weight excluding hydrogens is 352 g/mol. The van der Waals surface area contributed by atoms with Gasteiger partial charge in [0.25, 0.3) is 5.91 Å². The van der Waals surface area contributed by atoms with Crippen LogP contribution in [0.2, 0.25) is 0 Å². The van der Waals surface area contributed by atoms with E-state index in [1.165, 1.54) is 0 Å². The number of hydrogen-bond acceptors (Lipinski definition) is 3. The van der Waals surface area contributed by atoms with E-state index in [-0.39, 0.29) is 11.9 Å². The Morgan fingerprint density at radius 2 is 2.29 bits per heavy atom. The van der Waals surface area contributed by atoms with Gasteiger partial charge in [0.2, 0.25) is 0 Å². The van der Waals surface area contributed by atoms with Gasteiger partial charge in [-0.25, -0.2) is 0 Å². The van der Waals surface area contributed by atoms with Gasteiger partial charge in [0.05, 0.1) is 6.61 Å². The summed E-state index contributed by atoms with van der Waals surface area (Å²) in [6.45, 7) is 2.51. The molecule has 1 aromatic rings. The van der Waals surface area contributed by atoms with E-state index < -0.39 is 0 Å². The maximum atomic E-state index is 12.4. The fraction of sp³-hybridized carbons (Fsp3) is 0.333. The first-order chi connectivity index (χ1) is 10.1. The van der Waals surface area contributed by atoms with Crippen LogP contribution in [0.3, 0.4) is 0 Å². The molecule has 1 saturated heterocycles. The van der Waals surface area contributed by atoms with Crippen molar-refractivity contribution in [3.05, 3.63) is 33.9 Å². The number of carbonyl (C=O) groups is 1. The van der Waals surface area contributed by atoms with Crippen LogP contribution in [0.15, 0.2) is 28.4 Å². The molecule has 1 N–H and O–H groups in total. The largest absolute Gasteiger partial charge is 0.493 e. The zero-order valence-electron chi connectivity index (χ0n) is 11.6. The molecule has 1 aromatic carbocycles. The van der Waals surface area contributed by atoms with Crippen LogP contribution in [0.4, 0.5) is 0 Å². The quantitative estimate of drug-likeness (QED) is 0.656. The van der Waals surface area contributed by atoms with Crippen LogP contribution < -0.4 is 10.1 Å². The van der Waals surface area contributed by atoms with Gasteiger partial charge in [-0.05, 0) is 56.3 Å². The molecule has 2 aliphatic rings. The highest BCUT2D eigenvalue weighted by Gasteiger charge is 2.41. The molecule has 0 aromatic heterocycles. The number of nitrogens with one attached hydrogen (secondary N) is 1. The van der Waals surface area contributed by atoms with Crippen LogP contribution in [0, 0.1) is 0 Å². The Labute approximate surface area is 137 Å². The van der Waals surface area contributed by atoms with Crippen LogP contribution >= 0.6 is 28.1 Å². The molecule has 3 rings (SSSR count). The molecule has 21 heavy (non-hydrogen) atoms. The van der Waals surface area contributed by atoms with Crippen LogP contribution in [0.25, 0.3) is 6.08 Å². The van der Waals surface area contributed by atoms with Crippen molar-refractivity contribution < 1.29 is 9.53 Å². The molecule has 0 bridgehead atoms. The molecule has 0 spiro atoms. The molecule has 110 valence electrons. The van der Waals surface area contributed by atoms with E-state index in [2.05, 4.69) is 21.2 Å². The van der Waals surface area contributed by atoms with Crippen molar-refractivity contribution in [3.8, 4) is 5.75 Å². The van der Waals surface area contributed by atoms with E-state index >= 15 is 0 Å². The third-order valence-corrected chi connectivity index (χ3v) is 4.19. The molecule has 1 amide bonds. The van der Waals surface area contributed by atoms with Crippen molar-refractivity contribution in [2.24, 2.45) is 0 Å².